The number of amides is 3. The topological polar surface area (TPSA) is 79.4 Å². The standard InChI is InChI=1S/C17H27N3O5/c1-24-10-8-20-12-13(11-15(20)21)16(22)18-4-6-19(7-5-18)17(23)14-3-2-9-25-14/h13-14H,2-12H2,1H3/t13-,14-/m0/s1. The average Bonchev–Trinajstić information content (AvgIpc) is 3.29. The van der Waals surface area contributed by atoms with Crippen molar-refractivity contribution in [2.24, 2.45) is 5.92 Å². The molecule has 0 N–H and O–H groups in total. The first-order chi connectivity index (χ1) is 12.1. The molecule has 0 unspecified atom stereocenters. The highest BCUT2D eigenvalue weighted by atomic mass is 16.5. The number of nitrogens with zero attached hydrogens (tertiary/aromatic N) is 3. The Hall–Kier alpha value is -1.67. The molecule has 3 amide bonds. The molecule has 8 heteroatoms. The maximum absolute atomic E-state index is 12.7. The van der Waals surface area contributed by atoms with Crippen LogP contribution in [-0.4, -0.2) is 98.1 Å². The van der Waals surface area contributed by atoms with Crippen molar-refractivity contribution < 1.29 is 23.9 Å². The molecular formula is C17H27N3O5. The Labute approximate surface area is 148 Å². The van der Waals surface area contributed by atoms with Crippen LogP contribution >= 0.6 is 0 Å². The molecule has 25 heavy (non-hydrogen) atoms. The molecule has 2 atom stereocenters. The van der Waals surface area contributed by atoms with Crippen LogP contribution in [0.4, 0.5) is 0 Å². The zero-order valence-electron chi connectivity index (χ0n) is 14.8. The SMILES string of the molecule is COCCN1C[C@@H](C(=O)N2CCN(C(=O)[C@@H]3CCCO3)CC2)CC1=O. The van der Waals surface area contributed by atoms with Crippen molar-refractivity contribution in [3.63, 3.8) is 0 Å². The Balaban J connectivity index is 1.47. The lowest BCUT2D eigenvalue weighted by atomic mass is 10.1. The molecule has 0 aromatic carbocycles. The van der Waals surface area contributed by atoms with Gasteiger partial charge in [-0.15, -0.1) is 0 Å². The van der Waals surface area contributed by atoms with Crippen LogP contribution in [0.25, 0.3) is 0 Å². The van der Waals surface area contributed by atoms with Crippen molar-refractivity contribution in [2.45, 2.75) is 25.4 Å². The molecule has 0 radical (unpaired) electrons. The molecule has 0 spiro atoms. The van der Waals surface area contributed by atoms with E-state index in [4.69, 9.17) is 9.47 Å². The summed E-state index contributed by atoms with van der Waals surface area (Å²) in [5.74, 6) is -0.184. The van der Waals surface area contributed by atoms with E-state index < -0.39 is 0 Å². The van der Waals surface area contributed by atoms with E-state index in [1.54, 1.807) is 21.8 Å². The van der Waals surface area contributed by atoms with Gasteiger partial charge in [0.2, 0.25) is 11.8 Å². The second kappa shape index (κ2) is 8.14. The van der Waals surface area contributed by atoms with Gasteiger partial charge in [-0.1, -0.05) is 0 Å². The van der Waals surface area contributed by atoms with E-state index in [9.17, 15) is 14.4 Å². The van der Waals surface area contributed by atoms with Gasteiger partial charge in [-0.25, -0.2) is 0 Å². The van der Waals surface area contributed by atoms with Crippen molar-refractivity contribution in [1.82, 2.24) is 14.7 Å². The van der Waals surface area contributed by atoms with E-state index in [1.807, 2.05) is 0 Å². The van der Waals surface area contributed by atoms with Gasteiger partial charge in [0.25, 0.3) is 5.91 Å². The third-order valence-electron chi connectivity index (χ3n) is 5.24. The minimum atomic E-state index is -0.302. The van der Waals surface area contributed by atoms with E-state index >= 15 is 0 Å². The zero-order valence-corrected chi connectivity index (χ0v) is 14.8. The van der Waals surface area contributed by atoms with E-state index in [-0.39, 0.29) is 36.2 Å². The van der Waals surface area contributed by atoms with Gasteiger partial charge < -0.3 is 24.2 Å². The van der Waals surface area contributed by atoms with Gasteiger partial charge >= 0.3 is 0 Å². The highest BCUT2D eigenvalue weighted by Crippen LogP contribution is 2.21. The Morgan fingerprint density at radius 2 is 1.84 bits per heavy atom. The molecule has 0 aromatic heterocycles. The molecule has 0 aliphatic carbocycles. The molecule has 3 aliphatic rings. The van der Waals surface area contributed by atoms with Crippen molar-refractivity contribution >= 4 is 17.7 Å². The third-order valence-corrected chi connectivity index (χ3v) is 5.24. The summed E-state index contributed by atoms with van der Waals surface area (Å²) in [6.07, 6.45) is 1.70. The summed E-state index contributed by atoms with van der Waals surface area (Å²) < 4.78 is 10.5. The first-order valence-corrected chi connectivity index (χ1v) is 9.06. The Kier molecular flexibility index (Phi) is 5.90. The molecule has 0 bridgehead atoms. The number of ether oxygens (including phenoxy) is 2. The molecule has 0 saturated carbocycles. The maximum atomic E-state index is 12.7. The summed E-state index contributed by atoms with van der Waals surface area (Å²) in [5.41, 5.74) is 0. The van der Waals surface area contributed by atoms with Gasteiger partial charge in [-0.05, 0) is 12.8 Å². The van der Waals surface area contributed by atoms with Gasteiger partial charge in [-0.3, -0.25) is 14.4 Å². The number of piperazine rings is 1. The van der Waals surface area contributed by atoms with Crippen molar-refractivity contribution in [1.29, 1.82) is 0 Å². The van der Waals surface area contributed by atoms with Crippen LogP contribution < -0.4 is 0 Å². The number of carbonyl (C=O) groups excluding carboxylic acids is 3. The lowest BCUT2D eigenvalue weighted by Gasteiger charge is -2.36. The molecule has 8 nitrogen and oxygen atoms in total. The molecule has 140 valence electrons. The van der Waals surface area contributed by atoms with Crippen LogP contribution in [0.3, 0.4) is 0 Å². The van der Waals surface area contributed by atoms with Crippen LogP contribution in [0.5, 0.6) is 0 Å². The molecule has 3 heterocycles. The smallest absolute Gasteiger partial charge is 0.251 e. The van der Waals surface area contributed by atoms with Gasteiger partial charge in [0.05, 0.1) is 12.5 Å². The molecule has 3 aliphatic heterocycles. The lowest BCUT2D eigenvalue weighted by molar-refractivity contribution is -0.147. The fraction of sp³-hybridized carbons (Fsp3) is 0.824. The first-order valence-electron chi connectivity index (χ1n) is 9.06. The fourth-order valence-corrected chi connectivity index (χ4v) is 3.74. The monoisotopic (exact) mass is 353 g/mol. The highest BCUT2D eigenvalue weighted by molar-refractivity contribution is 5.89. The van der Waals surface area contributed by atoms with Crippen LogP contribution in [0.1, 0.15) is 19.3 Å². The summed E-state index contributed by atoms with van der Waals surface area (Å²) in [7, 11) is 1.60. The quantitative estimate of drug-likeness (QED) is 0.655. The van der Waals surface area contributed by atoms with Crippen LogP contribution in [0, 0.1) is 5.92 Å². The van der Waals surface area contributed by atoms with Crippen molar-refractivity contribution in [2.75, 3.05) is 59.6 Å². The number of hydrogen-bond donors (Lipinski definition) is 0. The van der Waals surface area contributed by atoms with Gasteiger partial charge in [-0.2, -0.15) is 0 Å². The van der Waals surface area contributed by atoms with Gasteiger partial charge in [0, 0.05) is 59.4 Å². The van der Waals surface area contributed by atoms with E-state index in [0.29, 0.717) is 52.5 Å². The number of hydrogen-bond acceptors (Lipinski definition) is 5. The van der Waals surface area contributed by atoms with E-state index in [1.165, 1.54) is 0 Å². The minimum Gasteiger partial charge on any atom is -0.383 e. The van der Waals surface area contributed by atoms with Gasteiger partial charge in [0.1, 0.15) is 6.10 Å². The van der Waals surface area contributed by atoms with E-state index in [2.05, 4.69) is 0 Å². The Bertz CT molecular complexity index is 512. The molecule has 3 fully saturated rings. The predicted molar refractivity (Wildman–Crippen MR) is 88.7 cm³/mol. The number of methoxy groups -OCH3 is 1. The predicted octanol–water partition coefficient (Wildman–Crippen LogP) is -0.669. The van der Waals surface area contributed by atoms with Gasteiger partial charge in [0.15, 0.2) is 0 Å². The lowest BCUT2D eigenvalue weighted by Crippen LogP contribution is -2.54. The second-order valence-corrected chi connectivity index (χ2v) is 6.89. The third kappa shape index (κ3) is 4.12. The Morgan fingerprint density at radius 1 is 1.16 bits per heavy atom. The van der Waals surface area contributed by atoms with Crippen LogP contribution in [0.15, 0.2) is 0 Å². The van der Waals surface area contributed by atoms with Crippen molar-refractivity contribution in [3.8, 4) is 0 Å². The van der Waals surface area contributed by atoms with Crippen molar-refractivity contribution in [3.05, 3.63) is 0 Å². The minimum absolute atomic E-state index is 0.0163. The van der Waals surface area contributed by atoms with Crippen LogP contribution in [0.2, 0.25) is 0 Å². The summed E-state index contributed by atoms with van der Waals surface area (Å²) in [6.45, 7) is 4.27. The highest BCUT2D eigenvalue weighted by Gasteiger charge is 2.38. The van der Waals surface area contributed by atoms with E-state index in [0.717, 1.165) is 12.8 Å². The summed E-state index contributed by atoms with van der Waals surface area (Å²) >= 11 is 0. The molecule has 3 saturated heterocycles. The van der Waals surface area contributed by atoms with Crippen LogP contribution in [-0.2, 0) is 23.9 Å². The number of likely N-dealkylation sites (tertiary alicyclic amines) is 1. The number of carbonyl (C=O) groups is 3. The zero-order chi connectivity index (χ0) is 17.8. The Morgan fingerprint density at radius 3 is 2.44 bits per heavy atom. The molecular weight excluding hydrogens is 326 g/mol. The molecule has 0 aromatic rings. The largest absolute Gasteiger partial charge is 0.383 e. The normalized spacial score (nSPS) is 27.2. The number of rotatable bonds is 5. The maximum Gasteiger partial charge on any atom is 0.251 e. The summed E-state index contributed by atoms with van der Waals surface area (Å²) in [5, 5.41) is 0. The summed E-state index contributed by atoms with van der Waals surface area (Å²) in [6, 6.07) is 0. The first kappa shape index (κ1) is 18.1. The second-order valence-electron chi connectivity index (χ2n) is 6.89. The fourth-order valence-electron chi connectivity index (χ4n) is 3.74. The molecule has 3 rings (SSSR count). The average molecular weight is 353 g/mol. The summed E-state index contributed by atoms with van der Waals surface area (Å²) in [4.78, 5) is 42.3.